The van der Waals surface area contributed by atoms with Crippen LogP contribution in [0.25, 0.3) is 75.4 Å². The highest BCUT2D eigenvalue weighted by Gasteiger charge is 2.46. The predicted molar refractivity (Wildman–Crippen MR) is 478 cm³/mol. The summed E-state index contributed by atoms with van der Waals surface area (Å²) in [5.41, 5.74) is 8.88. The fraction of sp³-hybridized carbons (Fsp3) is 0.688. The normalized spacial score (nSPS) is 31.5. The SMILES string of the molecule is CC1CCCC(N2C(=O)c3cc(C4CCCC(C5CCCC5)CCC4)c4c5ccc6c7c(C8CCCC(C9CCCC9)CCC8)cc8c9c(cc(C%10CCCC(C%11CCCC%11)CCC%10)c(c%10ccc(c%11c(C%12CCCC(C%13CCCC%13)CCC%12)cc(c3c4%11)C2=O)c5c6%10)c97)C(=O)N(C2CCCCC(C3CCCC3)CCC2)C8=O)CCC1. The lowest BCUT2D eigenvalue weighted by atomic mass is 9.70. The molecule has 2 aliphatic heterocycles. The van der Waals surface area contributed by atoms with Gasteiger partial charge in [-0.2, -0.15) is 0 Å². The van der Waals surface area contributed by atoms with Crippen LogP contribution in [0.5, 0.6) is 0 Å². The Morgan fingerprint density at radius 2 is 0.383 bits per heavy atom. The largest absolute Gasteiger partial charge is 0.271 e. The van der Waals surface area contributed by atoms with E-state index in [9.17, 15) is 0 Å². The third kappa shape index (κ3) is 14.0. The first-order valence-corrected chi connectivity index (χ1v) is 50.4. The molecule has 2 unspecified atom stereocenters. The molecule has 0 radical (unpaired) electrons. The third-order valence-electron chi connectivity index (χ3n) is 36.8. The van der Waals surface area contributed by atoms with Gasteiger partial charge >= 0.3 is 0 Å². The van der Waals surface area contributed by atoms with E-state index in [-0.39, 0.29) is 59.4 Å². The molecule has 0 saturated heterocycles. The van der Waals surface area contributed by atoms with Gasteiger partial charge in [0.2, 0.25) is 0 Å². The first kappa shape index (κ1) is 76.8. The van der Waals surface area contributed by atoms with Gasteiger partial charge in [0.1, 0.15) is 0 Å². The summed E-state index contributed by atoms with van der Waals surface area (Å²) in [4.78, 5) is 70.5. The van der Waals surface area contributed by atoms with Gasteiger partial charge in [-0.25, -0.2) is 0 Å². The van der Waals surface area contributed by atoms with Crippen molar-refractivity contribution in [1.29, 1.82) is 0 Å². The Hall–Kier alpha value is -5.62. The van der Waals surface area contributed by atoms with Crippen LogP contribution in [-0.4, -0.2) is 45.5 Å². The number of hydrogen-bond acceptors (Lipinski definition) is 4. The molecule has 2 heterocycles. The van der Waals surface area contributed by atoms with Crippen molar-refractivity contribution >= 4 is 99.0 Å². The highest BCUT2D eigenvalue weighted by molar-refractivity contribution is 6.46. The van der Waals surface area contributed by atoms with Crippen molar-refractivity contribution < 1.29 is 19.2 Å². The molecular formula is C109H142N2O4. The van der Waals surface area contributed by atoms with Gasteiger partial charge in [-0.1, -0.05) is 320 Å². The fourth-order valence-electron chi connectivity index (χ4n) is 31.0. The Kier molecular flexibility index (Phi) is 22.1. The number of amides is 4. The minimum atomic E-state index is -0.0922. The van der Waals surface area contributed by atoms with Gasteiger partial charge in [0.25, 0.3) is 23.6 Å². The molecule has 4 amide bonds. The van der Waals surface area contributed by atoms with Crippen molar-refractivity contribution in [3.8, 4) is 0 Å². The molecular weight excluding hydrogens is 1400 g/mol. The Labute approximate surface area is 690 Å². The Morgan fingerprint density at radius 3 is 0.609 bits per heavy atom. The summed E-state index contributed by atoms with van der Waals surface area (Å²) in [6, 6.07) is 20.2. The van der Waals surface area contributed by atoms with E-state index in [2.05, 4.69) is 55.5 Å². The molecule has 2 atom stereocenters. The zero-order valence-corrected chi connectivity index (χ0v) is 71.3. The summed E-state index contributed by atoms with van der Waals surface area (Å²) in [7, 11) is 0. The van der Waals surface area contributed by atoms with Gasteiger partial charge in [-0.15, -0.1) is 0 Å². The zero-order valence-electron chi connectivity index (χ0n) is 71.3. The van der Waals surface area contributed by atoms with Gasteiger partial charge in [-0.05, 0) is 277 Å². The molecule has 8 aromatic rings. The van der Waals surface area contributed by atoms with Crippen LogP contribution >= 0.6 is 0 Å². The lowest BCUT2D eigenvalue weighted by molar-refractivity contribution is 0.0497. The number of carbonyl (C=O) groups is 4. The molecule has 11 saturated carbocycles. The molecule has 6 nitrogen and oxygen atoms in total. The van der Waals surface area contributed by atoms with Crippen molar-refractivity contribution in [3.63, 3.8) is 0 Å². The second-order valence-corrected chi connectivity index (χ2v) is 42.8. The molecule has 11 fully saturated rings. The van der Waals surface area contributed by atoms with Crippen LogP contribution in [-0.2, 0) is 0 Å². The summed E-state index contributed by atoms with van der Waals surface area (Å²) >= 11 is 0. The van der Waals surface area contributed by atoms with Crippen LogP contribution in [0.4, 0.5) is 0 Å². The molecule has 0 N–H and O–H groups in total. The molecule has 11 aliphatic carbocycles. The van der Waals surface area contributed by atoms with Gasteiger partial charge < -0.3 is 0 Å². The quantitative estimate of drug-likeness (QED) is 0.0735. The van der Waals surface area contributed by atoms with Crippen LogP contribution in [0, 0.1) is 65.1 Å². The van der Waals surface area contributed by atoms with E-state index in [0.29, 0.717) is 5.92 Å². The number of rotatable bonds is 11. The number of imide groups is 2. The Bertz CT molecular complexity index is 4600. The van der Waals surface area contributed by atoms with Crippen molar-refractivity contribution in [1.82, 2.24) is 9.80 Å². The van der Waals surface area contributed by atoms with Gasteiger partial charge in [0, 0.05) is 45.1 Å². The van der Waals surface area contributed by atoms with E-state index >= 15 is 19.2 Å². The minimum Gasteiger partial charge on any atom is -0.271 e. The molecule has 6 heteroatoms. The molecule has 115 heavy (non-hydrogen) atoms. The van der Waals surface area contributed by atoms with E-state index < -0.39 is 0 Å². The number of fused-ring (bicyclic) bond motifs is 4. The molecule has 0 aromatic heterocycles. The number of benzene rings is 8. The summed E-state index contributed by atoms with van der Waals surface area (Å²) in [5, 5.41) is 17.9. The van der Waals surface area contributed by atoms with E-state index in [0.717, 1.165) is 208 Å². The van der Waals surface area contributed by atoms with E-state index in [1.165, 1.54) is 337 Å². The first-order valence-electron chi connectivity index (χ1n) is 50.4. The maximum atomic E-state index is 16.8. The lowest BCUT2D eigenvalue weighted by Crippen LogP contribution is -2.47. The molecule has 21 rings (SSSR count). The lowest BCUT2D eigenvalue weighted by Gasteiger charge is -2.38. The summed E-state index contributed by atoms with van der Waals surface area (Å²) in [5.74, 6) is 10.2. The fourth-order valence-corrected chi connectivity index (χ4v) is 31.0. The average molecular weight is 1540 g/mol. The van der Waals surface area contributed by atoms with Gasteiger partial charge in [0.05, 0.1) is 0 Å². The van der Waals surface area contributed by atoms with E-state index in [1.807, 2.05) is 9.80 Å². The highest BCUT2D eigenvalue weighted by Crippen LogP contribution is 2.59. The van der Waals surface area contributed by atoms with Crippen molar-refractivity contribution in [3.05, 3.63) is 93.0 Å². The minimum absolute atomic E-state index is 0.00436. The van der Waals surface area contributed by atoms with Crippen LogP contribution in [0.15, 0.2) is 48.5 Å². The standard InChI is InChI=1S/C109H142N2O4/c1-67-25-14-56-83(57-15-26-67)111-108(114)94-65-90(80-51-20-42-76(43-21-52-80)71-33-8-9-34-71)100-86-61-59-84-96-85(60-62-87(97(86)96)101-91(66-95(109(111)115)103(94)105(100)101)81-53-22-44-77(45-23-54-81)72-35-10-11-36-72)99-89(79-49-18-40-75(41-19-50-79)70-31-6-7-32-70)64-93-102-92(63-88(98(84)104(99)102)78-47-16-38-74(39-17-48-78)69-29-4-5-30-69)106(112)110(107(93)113)82-55-13-12-37-73(46-24-58-82)68-27-2-3-28-68/h59-83H,2-58H2,1H3. The number of nitrogens with zero attached hydrogens (tertiary/aromatic N) is 2. The molecule has 8 aromatic carbocycles. The summed E-state index contributed by atoms with van der Waals surface area (Å²) < 4.78 is 0. The maximum Gasteiger partial charge on any atom is 0.261 e. The molecule has 0 bridgehead atoms. The Balaban J connectivity index is 0.819. The molecule has 612 valence electrons. The summed E-state index contributed by atoms with van der Waals surface area (Å²) in [6.45, 7) is 2.41. The number of carbonyl (C=O) groups excluding carboxylic acids is 4. The van der Waals surface area contributed by atoms with Crippen LogP contribution in [0.1, 0.15) is 460 Å². The van der Waals surface area contributed by atoms with Crippen molar-refractivity contribution in [2.75, 3.05) is 0 Å². The average Bonchev–Trinajstić information content (AvgIpc) is 1.66. The monoisotopic (exact) mass is 1540 g/mol. The molecule has 13 aliphatic rings. The van der Waals surface area contributed by atoms with Crippen LogP contribution < -0.4 is 0 Å². The second kappa shape index (κ2) is 33.1. The second-order valence-electron chi connectivity index (χ2n) is 42.8. The van der Waals surface area contributed by atoms with Crippen molar-refractivity contribution in [2.24, 2.45) is 65.1 Å². The zero-order chi connectivity index (χ0) is 76.9. The molecule has 0 spiro atoms. The van der Waals surface area contributed by atoms with Crippen LogP contribution in [0.3, 0.4) is 0 Å². The van der Waals surface area contributed by atoms with Gasteiger partial charge in [-0.3, -0.25) is 29.0 Å². The maximum absolute atomic E-state index is 16.8. The smallest absolute Gasteiger partial charge is 0.261 e. The van der Waals surface area contributed by atoms with E-state index in [4.69, 9.17) is 0 Å². The van der Waals surface area contributed by atoms with Crippen molar-refractivity contribution in [2.45, 2.75) is 409 Å². The number of hydrogen-bond donors (Lipinski definition) is 0. The van der Waals surface area contributed by atoms with Crippen LogP contribution in [0.2, 0.25) is 0 Å². The Morgan fingerprint density at radius 1 is 0.200 bits per heavy atom. The van der Waals surface area contributed by atoms with Gasteiger partial charge in [0.15, 0.2) is 0 Å². The first-order chi connectivity index (χ1) is 56.7. The topological polar surface area (TPSA) is 74.8 Å². The summed E-state index contributed by atoms with van der Waals surface area (Å²) in [6.07, 6.45) is 71.4. The highest BCUT2D eigenvalue weighted by atomic mass is 16.2. The third-order valence-corrected chi connectivity index (χ3v) is 36.8. The predicted octanol–water partition coefficient (Wildman–Crippen LogP) is 31.1. The van der Waals surface area contributed by atoms with E-state index in [1.54, 1.807) is 0 Å².